The Morgan fingerprint density at radius 2 is 2.16 bits per heavy atom. The second kappa shape index (κ2) is 8.17. The second-order valence-electron chi connectivity index (χ2n) is 7.17. The largest absolute Gasteiger partial charge is 0.378 e. The molecule has 1 heterocycles. The summed E-state index contributed by atoms with van der Waals surface area (Å²) in [7, 11) is 1.90. The van der Waals surface area contributed by atoms with Crippen LogP contribution in [-0.4, -0.2) is 46.0 Å². The first-order chi connectivity index (χ1) is 12.2. The number of guanidine groups is 1. The second-order valence-corrected chi connectivity index (χ2v) is 7.17. The summed E-state index contributed by atoms with van der Waals surface area (Å²) in [6, 6.07) is 0.446. The van der Waals surface area contributed by atoms with Gasteiger partial charge in [-0.3, -0.25) is 4.68 Å². The lowest BCUT2D eigenvalue weighted by Gasteiger charge is -2.57. The Balaban J connectivity index is 1.67. The highest BCUT2D eigenvalue weighted by molar-refractivity contribution is 5.80. The van der Waals surface area contributed by atoms with Gasteiger partial charge < -0.3 is 15.4 Å². The van der Waals surface area contributed by atoms with E-state index < -0.39 is 0 Å². The van der Waals surface area contributed by atoms with E-state index in [0.717, 1.165) is 31.4 Å². The molecule has 2 atom stereocenters. The molecular formula is C18H32N6O. The molecule has 2 aliphatic rings. The van der Waals surface area contributed by atoms with Gasteiger partial charge in [-0.1, -0.05) is 19.3 Å². The molecule has 0 aromatic carbocycles. The molecule has 7 heteroatoms. The molecule has 2 N–H and O–H groups in total. The molecule has 0 saturated heterocycles. The first-order valence-electron chi connectivity index (χ1n) is 9.69. The van der Waals surface area contributed by atoms with E-state index >= 15 is 0 Å². The van der Waals surface area contributed by atoms with Gasteiger partial charge in [-0.15, -0.1) is 0 Å². The summed E-state index contributed by atoms with van der Waals surface area (Å²) in [5.41, 5.74) is 0.287. The van der Waals surface area contributed by atoms with Crippen molar-refractivity contribution >= 4 is 5.96 Å². The normalized spacial score (nSPS) is 25.6. The number of hydrogen-bond acceptors (Lipinski definition) is 4. The molecule has 2 aliphatic carbocycles. The van der Waals surface area contributed by atoms with Crippen LogP contribution in [0, 0.1) is 5.41 Å². The van der Waals surface area contributed by atoms with Crippen molar-refractivity contribution in [3.05, 3.63) is 12.2 Å². The number of aliphatic imine (C=N–C) groups is 1. The Labute approximate surface area is 150 Å². The molecule has 140 valence electrons. The molecule has 0 aliphatic heterocycles. The van der Waals surface area contributed by atoms with Crippen molar-refractivity contribution in [3.8, 4) is 0 Å². The quantitative estimate of drug-likeness (QED) is 0.607. The summed E-state index contributed by atoms with van der Waals surface area (Å²) >= 11 is 0. The van der Waals surface area contributed by atoms with E-state index in [2.05, 4.69) is 34.6 Å². The minimum Gasteiger partial charge on any atom is -0.378 e. The van der Waals surface area contributed by atoms with Crippen LogP contribution in [0.2, 0.25) is 0 Å². The molecule has 7 nitrogen and oxygen atoms in total. The van der Waals surface area contributed by atoms with Crippen LogP contribution in [0.1, 0.15) is 58.2 Å². The van der Waals surface area contributed by atoms with Gasteiger partial charge in [0.25, 0.3) is 0 Å². The summed E-state index contributed by atoms with van der Waals surface area (Å²) in [5.74, 6) is 1.74. The average molecular weight is 348 g/mol. The van der Waals surface area contributed by atoms with E-state index in [1.807, 2.05) is 7.05 Å². The lowest BCUT2D eigenvalue weighted by atomic mass is 9.55. The van der Waals surface area contributed by atoms with Crippen LogP contribution in [0.5, 0.6) is 0 Å². The number of aryl methyl sites for hydroxylation is 1. The Bertz CT molecular complexity index is 578. The van der Waals surface area contributed by atoms with Crippen molar-refractivity contribution in [2.45, 2.75) is 71.1 Å². The molecule has 3 rings (SSSR count). The minimum atomic E-state index is 0.287. The third-order valence-electron chi connectivity index (χ3n) is 5.78. The predicted molar refractivity (Wildman–Crippen MR) is 98.3 cm³/mol. The molecule has 0 bridgehead atoms. The van der Waals surface area contributed by atoms with Crippen molar-refractivity contribution in [1.29, 1.82) is 0 Å². The monoisotopic (exact) mass is 348 g/mol. The highest BCUT2D eigenvalue weighted by Gasteiger charge is 2.55. The van der Waals surface area contributed by atoms with E-state index in [0.29, 0.717) is 18.7 Å². The summed E-state index contributed by atoms with van der Waals surface area (Å²) in [6.45, 7) is 6.38. The number of aromatic nitrogens is 3. The van der Waals surface area contributed by atoms with Gasteiger partial charge in [0, 0.05) is 31.7 Å². The van der Waals surface area contributed by atoms with E-state index in [1.54, 1.807) is 11.0 Å². The van der Waals surface area contributed by atoms with Crippen LogP contribution in [-0.2, 0) is 18.3 Å². The molecule has 0 amide bonds. The maximum Gasteiger partial charge on any atom is 0.191 e. The number of nitrogens with one attached hydrogen (secondary N) is 2. The molecule has 0 radical (unpaired) electrons. The third kappa shape index (κ3) is 3.81. The smallest absolute Gasteiger partial charge is 0.191 e. The Kier molecular flexibility index (Phi) is 5.93. The average Bonchev–Trinajstić information content (AvgIpc) is 3.04. The maximum absolute atomic E-state index is 6.06. The fourth-order valence-corrected chi connectivity index (χ4v) is 4.36. The Morgan fingerprint density at radius 1 is 1.36 bits per heavy atom. The third-order valence-corrected chi connectivity index (χ3v) is 5.78. The zero-order chi connectivity index (χ0) is 17.7. The van der Waals surface area contributed by atoms with E-state index in [-0.39, 0.29) is 5.41 Å². The Morgan fingerprint density at radius 3 is 2.80 bits per heavy atom. The number of ether oxygens (including phenoxy) is 1. The van der Waals surface area contributed by atoms with E-state index in [9.17, 15) is 0 Å². The maximum atomic E-state index is 6.06. The van der Waals surface area contributed by atoms with Crippen LogP contribution in [0.3, 0.4) is 0 Å². The van der Waals surface area contributed by atoms with Gasteiger partial charge in [-0.05, 0) is 33.1 Å². The lowest BCUT2D eigenvalue weighted by Crippen LogP contribution is -2.66. The zero-order valence-electron chi connectivity index (χ0n) is 15.8. The van der Waals surface area contributed by atoms with Crippen LogP contribution in [0.4, 0.5) is 0 Å². The molecule has 2 unspecified atom stereocenters. The topological polar surface area (TPSA) is 76.4 Å². The van der Waals surface area contributed by atoms with Crippen LogP contribution < -0.4 is 10.6 Å². The summed E-state index contributed by atoms with van der Waals surface area (Å²) < 4.78 is 7.82. The van der Waals surface area contributed by atoms with Crippen molar-refractivity contribution in [3.63, 3.8) is 0 Å². The SMILES string of the molecule is CCNC(=NCc1ncnn1C)NC1CC(OCC)C12CCCCC2. The highest BCUT2D eigenvalue weighted by Crippen LogP contribution is 2.53. The van der Waals surface area contributed by atoms with Crippen molar-refractivity contribution in [1.82, 2.24) is 25.4 Å². The molecule has 2 fully saturated rings. The fraction of sp³-hybridized carbons (Fsp3) is 0.833. The van der Waals surface area contributed by atoms with Crippen molar-refractivity contribution in [2.24, 2.45) is 17.5 Å². The first kappa shape index (κ1) is 18.2. The van der Waals surface area contributed by atoms with Gasteiger partial charge in [0.1, 0.15) is 18.7 Å². The van der Waals surface area contributed by atoms with Crippen molar-refractivity contribution in [2.75, 3.05) is 13.2 Å². The highest BCUT2D eigenvalue weighted by atomic mass is 16.5. The molecule has 1 spiro atoms. The van der Waals surface area contributed by atoms with Crippen LogP contribution >= 0.6 is 0 Å². The summed E-state index contributed by atoms with van der Waals surface area (Å²) in [5, 5.41) is 11.2. The number of rotatable bonds is 6. The van der Waals surface area contributed by atoms with Gasteiger partial charge in [0.05, 0.1) is 6.10 Å². The molecule has 1 aromatic heterocycles. The molecule has 25 heavy (non-hydrogen) atoms. The van der Waals surface area contributed by atoms with E-state index in [4.69, 9.17) is 9.73 Å². The van der Waals surface area contributed by atoms with Gasteiger partial charge in [-0.2, -0.15) is 5.10 Å². The molecule has 2 saturated carbocycles. The van der Waals surface area contributed by atoms with Crippen LogP contribution in [0.25, 0.3) is 0 Å². The first-order valence-corrected chi connectivity index (χ1v) is 9.69. The van der Waals surface area contributed by atoms with Gasteiger partial charge in [0.15, 0.2) is 5.96 Å². The summed E-state index contributed by atoms with van der Waals surface area (Å²) in [6.07, 6.45) is 9.55. The van der Waals surface area contributed by atoms with Gasteiger partial charge >= 0.3 is 0 Å². The standard InChI is InChI=1S/C18H32N6O/c1-4-19-17(20-12-16-21-13-22-24(16)3)23-14-11-15(25-5-2)18(14)9-7-6-8-10-18/h13-15H,4-12H2,1-3H3,(H2,19,20,23). The van der Waals surface area contributed by atoms with Gasteiger partial charge in [-0.25, -0.2) is 9.98 Å². The fourth-order valence-electron chi connectivity index (χ4n) is 4.36. The minimum absolute atomic E-state index is 0.287. The number of nitrogens with zero attached hydrogens (tertiary/aromatic N) is 4. The number of hydrogen-bond donors (Lipinski definition) is 2. The van der Waals surface area contributed by atoms with Gasteiger partial charge in [0.2, 0.25) is 0 Å². The lowest BCUT2D eigenvalue weighted by molar-refractivity contribution is -0.145. The molecular weight excluding hydrogens is 316 g/mol. The summed E-state index contributed by atoms with van der Waals surface area (Å²) in [4.78, 5) is 8.97. The van der Waals surface area contributed by atoms with Crippen LogP contribution in [0.15, 0.2) is 11.3 Å². The predicted octanol–water partition coefficient (Wildman–Crippen LogP) is 2.00. The van der Waals surface area contributed by atoms with E-state index in [1.165, 1.54) is 32.1 Å². The van der Waals surface area contributed by atoms with Crippen molar-refractivity contribution < 1.29 is 4.74 Å². The molecule has 1 aromatic rings. The zero-order valence-corrected chi connectivity index (χ0v) is 15.8. The Hall–Kier alpha value is -1.63.